The van der Waals surface area contributed by atoms with Crippen LogP contribution in [0.5, 0.6) is 0 Å². The highest BCUT2D eigenvalue weighted by molar-refractivity contribution is 6.33. The molecule has 1 unspecified atom stereocenters. The van der Waals surface area contributed by atoms with Gasteiger partial charge in [-0.2, -0.15) is 0 Å². The van der Waals surface area contributed by atoms with Crippen molar-refractivity contribution in [1.82, 2.24) is 10.3 Å². The molecule has 1 N–H and O–H groups in total. The van der Waals surface area contributed by atoms with Crippen LogP contribution in [0.3, 0.4) is 0 Å². The molecule has 3 rings (SSSR count). The number of nitrogens with zero attached hydrogens (tertiary/aromatic N) is 2. The number of rotatable bonds is 5. The van der Waals surface area contributed by atoms with Crippen LogP contribution in [0, 0.1) is 5.92 Å². The molecule has 1 aromatic rings. The Morgan fingerprint density at radius 2 is 2.14 bits per heavy atom. The van der Waals surface area contributed by atoms with E-state index in [-0.39, 0.29) is 0 Å². The van der Waals surface area contributed by atoms with Gasteiger partial charge in [-0.25, -0.2) is 4.98 Å². The van der Waals surface area contributed by atoms with Crippen LogP contribution in [-0.2, 0) is 6.54 Å². The number of hydrogen-bond donors (Lipinski definition) is 1. The quantitative estimate of drug-likeness (QED) is 0.891. The molecular weight excluding hydrogens is 282 g/mol. The fourth-order valence-electron chi connectivity index (χ4n) is 3.13. The summed E-state index contributed by atoms with van der Waals surface area (Å²) in [5, 5.41) is 4.32. The first-order chi connectivity index (χ1) is 10.3. The van der Waals surface area contributed by atoms with Gasteiger partial charge in [-0.1, -0.05) is 24.9 Å². The summed E-state index contributed by atoms with van der Waals surface area (Å²) in [4.78, 5) is 7.02. The van der Waals surface area contributed by atoms with Gasteiger partial charge in [-0.15, -0.1) is 0 Å². The molecule has 1 atom stereocenters. The predicted molar refractivity (Wildman–Crippen MR) is 89.0 cm³/mol. The van der Waals surface area contributed by atoms with E-state index < -0.39 is 0 Å². The van der Waals surface area contributed by atoms with Gasteiger partial charge >= 0.3 is 0 Å². The topological polar surface area (TPSA) is 28.2 Å². The average molecular weight is 308 g/mol. The molecule has 21 heavy (non-hydrogen) atoms. The second kappa shape index (κ2) is 6.97. The SMILES string of the molecule is CCC1CCCN(c2ncc(CNC3CC3)cc2Cl)CC1. The second-order valence-corrected chi connectivity index (χ2v) is 6.90. The van der Waals surface area contributed by atoms with Gasteiger partial charge < -0.3 is 10.2 Å². The molecule has 0 bridgehead atoms. The molecular formula is C17H26ClN3. The first-order valence-corrected chi connectivity index (χ1v) is 8.76. The zero-order valence-electron chi connectivity index (χ0n) is 12.9. The van der Waals surface area contributed by atoms with E-state index in [1.165, 1.54) is 44.1 Å². The lowest BCUT2D eigenvalue weighted by Gasteiger charge is -2.23. The highest BCUT2D eigenvalue weighted by Crippen LogP contribution is 2.29. The smallest absolute Gasteiger partial charge is 0.147 e. The molecule has 116 valence electrons. The highest BCUT2D eigenvalue weighted by atomic mass is 35.5. The largest absolute Gasteiger partial charge is 0.355 e. The fourth-order valence-corrected chi connectivity index (χ4v) is 3.44. The Balaban J connectivity index is 1.63. The van der Waals surface area contributed by atoms with E-state index in [0.717, 1.165) is 42.4 Å². The van der Waals surface area contributed by atoms with Gasteiger partial charge in [-0.05, 0) is 49.7 Å². The maximum Gasteiger partial charge on any atom is 0.147 e. The molecule has 1 aliphatic carbocycles. The van der Waals surface area contributed by atoms with Gasteiger partial charge in [0, 0.05) is 31.9 Å². The summed E-state index contributed by atoms with van der Waals surface area (Å²) in [6.45, 7) is 5.36. The number of aromatic nitrogens is 1. The van der Waals surface area contributed by atoms with Crippen molar-refractivity contribution < 1.29 is 0 Å². The van der Waals surface area contributed by atoms with Crippen LogP contribution in [0.1, 0.15) is 51.0 Å². The Bertz CT molecular complexity index is 473. The predicted octanol–water partition coefficient (Wildman–Crippen LogP) is 4.00. The van der Waals surface area contributed by atoms with Crippen LogP contribution in [-0.4, -0.2) is 24.1 Å². The third-order valence-electron chi connectivity index (χ3n) is 4.78. The van der Waals surface area contributed by atoms with E-state index >= 15 is 0 Å². The van der Waals surface area contributed by atoms with E-state index in [1.54, 1.807) is 0 Å². The lowest BCUT2D eigenvalue weighted by molar-refractivity contribution is 0.459. The molecule has 0 amide bonds. The molecule has 1 aromatic heterocycles. The Labute approximate surface area is 133 Å². The Kier molecular flexibility index (Phi) is 5.02. The molecule has 2 aliphatic rings. The molecule has 1 saturated carbocycles. The van der Waals surface area contributed by atoms with E-state index in [9.17, 15) is 0 Å². The van der Waals surface area contributed by atoms with Gasteiger partial charge in [0.05, 0.1) is 5.02 Å². The second-order valence-electron chi connectivity index (χ2n) is 6.50. The van der Waals surface area contributed by atoms with Gasteiger partial charge in [0.15, 0.2) is 0 Å². The molecule has 2 heterocycles. The summed E-state index contributed by atoms with van der Waals surface area (Å²) in [6.07, 6.45) is 9.76. The first-order valence-electron chi connectivity index (χ1n) is 8.39. The maximum absolute atomic E-state index is 6.49. The third kappa shape index (κ3) is 4.10. The van der Waals surface area contributed by atoms with E-state index in [1.807, 2.05) is 6.20 Å². The van der Waals surface area contributed by atoms with Crippen molar-refractivity contribution in [2.24, 2.45) is 5.92 Å². The standard InChI is InChI=1S/C17H26ClN3/c1-2-13-4-3-8-21(9-7-13)17-16(18)10-14(12-20-17)11-19-15-5-6-15/h10,12-13,15,19H,2-9,11H2,1H3. The Hall–Kier alpha value is -0.800. The van der Waals surface area contributed by atoms with Crippen molar-refractivity contribution in [3.05, 3.63) is 22.8 Å². The molecule has 0 radical (unpaired) electrons. The summed E-state index contributed by atoms with van der Waals surface area (Å²) in [5.74, 6) is 1.85. The zero-order valence-corrected chi connectivity index (χ0v) is 13.7. The van der Waals surface area contributed by atoms with Crippen LogP contribution in [0.4, 0.5) is 5.82 Å². The van der Waals surface area contributed by atoms with E-state index in [0.29, 0.717) is 0 Å². The molecule has 0 spiro atoms. The molecule has 1 aliphatic heterocycles. The fraction of sp³-hybridized carbons (Fsp3) is 0.706. The van der Waals surface area contributed by atoms with Crippen molar-refractivity contribution in [1.29, 1.82) is 0 Å². The third-order valence-corrected chi connectivity index (χ3v) is 5.05. The zero-order chi connectivity index (χ0) is 14.7. The monoisotopic (exact) mass is 307 g/mol. The summed E-state index contributed by atoms with van der Waals surface area (Å²) >= 11 is 6.49. The van der Waals surface area contributed by atoms with Gasteiger partial charge in [0.2, 0.25) is 0 Å². The molecule has 1 saturated heterocycles. The van der Waals surface area contributed by atoms with Gasteiger partial charge in [0.25, 0.3) is 0 Å². The van der Waals surface area contributed by atoms with Crippen LogP contribution in [0.25, 0.3) is 0 Å². The van der Waals surface area contributed by atoms with Gasteiger partial charge in [-0.3, -0.25) is 0 Å². The van der Waals surface area contributed by atoms with Crippen molar-refractivity contribution in [3.8, 4) is 0 Å². The number of nitrogens with one attached hydrogen (secondary N) is 1. The highest BCUT2D eigenvalue weighted by Gasteiger charge is 2.21. The number of halogens is 1. The van der Waals surface area contributed by atoms with Crippen molar-refractivity contribution in [2.75, 3.05) is 18.0 Å². The molecule has 4 heteroatoms. The minimum atomic E-state index is 0.722. The number of anilines is 1. The Morgan fingerprint density at radius 3 is 2.86 bits per heavy atom. The lowest BCUT2D eigenvalue weighted by atomic mass is 9.98. The first kappa shape index (κ1) is 15.1. The van der Waals surface area contributed by atoms with E-state index in [2.05, 4.69) is 28.2 Å². The summed E-state index contributed by atoms with van der Waals surface area (Å²) in [7, 11) is 0. The molecule has 3 nitrogen and oxygen atoms in total. The average Bonchev–Trinajstić information content (AvgIpc) is 3.32. The van der Waals surface area contributed by atoms with Crippen molar-refractivity contribution in [3.63, 3.8) is 0 Å². The minimum absolute atomic E-state index is 0.722. The maximum atomic E-state index is 6.49. The van der Waals surface area contributed by atoms with Crippen molar-refractivity contribution >= 4 is 17.4 Å². The van der Waals surface area contributed by atoms with Gasteiger partial charge in [0.1, 0.15) is 5.82 Å². The normalized spacial score (nSPS) is 23.1. The van der Waals surface area contributed by atoms with Crippen LogP contribution in [0.15, 0.2) is 12.3 Å². The summed E-state index contributed by atoms with van der Waals surface area (Å²) < 4.78 is 0. The molecule has 0 aromatic carbocycles. The number of hydrogen-bond acceptors (Lipinski definition) is 3. The van der Waals surface area contributed by atoms with Crippen LogP contribution in [0.2, 0.25) is 5.02 Å². The Morgan fingerprint density at radius 1 is 1.29 bits per heavy atom. The van der Waals surface area contributed by atoms with Crippen LogP contribution >= 0.6 is 11.6 Å². The van der Waals surface area contributed by atoms with Crippen LogP contribution < -0.4 is 10.2 Å². The summed E-state index contributed by atoms with van der Waals surface area (Å²) in [5.41, 5.74) is 1.19. The van der Waals surface area contributed by atoms with E-state index in [4.69, 9.17) is 11.6 Å². The van der Waals surface area contributed by atoms with Crippen molar-refractivity contribution in [2.45, 2.75) is 58.0 Å². The molecule has 2 fully saturated rings. The summed E-state index contributed by atoms with van der Waals surface area (Å²) in [6, 6.07) is 2.81. The lowest BCUT2D eigenvalue weighted by Crippen LogP contribution is -2.25. The minimum Gasteiger partial charge on any atom is -0.355 e. The number of pyridine rings is 1.